The van der Waals surface area contributed by atoms with E-state index < -0.39 is 52.5 Å². The maximum Gasteiger partial charge on any atom is 0.421 e. The van der Waals surface area contributed by atoms with Crippen LogP contribution in [0.3, 0.4) is 0 Å². The molecule has 2 aliphatic heterocycles. The lowest BCUT2D eigenvalue weighted by molar-refractivity contribution is -0.133. The molecular formula is C26H26BrFN2O5. The van der Waals surface area contributed by atoms with E-state index in [4.69, 9.17) is 4.74 Å². The third kappa shape index (κ3) is 3.95. The molecule has 4 rings (SSSR count). The Morgan fingerprint density at radius 2 is 1.83 bits per heavy atom. The zero-order valence-corrected chi connectivity index (χ0v) is 21.7. The molecule has 35 heavy (non-hydrogen) atoms. The van der Waals surface area contributed by atoms with Crippen LogP contribution in [0.25, 0.3) is 0 Å². The molecule has 2 aromatic rings. The van der Waals surface area contributed by atoms with Gasteiger partial charge < -0.3 is 4.74 Å². The van der Waals surface area contributed by atoms with Gasteiger partial charge in [-0.25, -0.2) is 14.1 Å². The van der Waals surface area contributed by atoms with Crippen LogP contribution in [0.2, 0.25) is 0 Å². The summed E-state index contributed by atoms with van der Waals surface area (Å²) in [5.74, 6) is -4.05. The molecule has 2 heterocycles. The number of fused-ring (bicyclic) bond motifs is 1. The van der Waals surface area contributed by atoms with E-state index in [1.165, 1.54) is 12.1 Å². The van der Waals surface area contributed by atoms with E-state index in [-0.39, 0.29) is 17.7 Å². The number of ether oxygens (including phenoxy) is 1. The first-order valence-corrected chi connectivity index (χ1v) is 12.1. The number of imide groups is 2. The van der Waals surface area contributed by atoms with E-state index in [0.717, 1.165) is 15.9 Å². The molecule has 1 saturated heterocycles. The number of hydrogen-bond acceptors (Lipinski definition) is 5. The molecule has 1 fully saturated rings. The topological polar surface area (TPSA) is 84.0 Å². The molecule has 1 unspecified atom stereocenters. The predicted octanol–water partition coefficient (Wildman–Crippen LogP) is 5.34. The molecule has 4 amide bonds. The van der Waals surface area contributed by atoms with E-state index in [2.05, 4.69) is 15.9 Å². The smallest absolute Gasteiger partial charge is 0.421 e. The summed E-state index contributed by atoms with van der Waals surface area (Å²) in [5, 5.41) is 0. The largest absolute Gasteiger partial charge is 0.443 e. The molecule has 2 aromatic carbocycles. The fourth-order valence-corrected chi connectivity index (χ4v) is 5.49. The highest BCUT2D eigenvalue weighted by Gasteiger charge is 2.64. The van der Waals surface area contributed by atoms with Crippen LogP contribution in [0.15, 0.2) is 46.9 Å². The number of anilines is 2. The molecule has 9 heteroatoms. The fourth-order valence-electron chi connectivity index (χ4n) is 5.10. The van der Waals surface area contributed by atoms with Crippen molar-refractivity contribution < 1.29 is 28.3 Å². The van der Waals surface area contributed by atoms with E-state index in [1.807, 2.05) is 0 Å². The third-order valence-corrected chi connectivity index (χ3v) is 6.94. The minimum absolute atomic E-state index is 0.153. The Morgan fingerprint density at radius 1 is 1.14 bits per heavy atom. The number of hydrogen-bond donors (Lipinski definition) is 0. The lowest BCUT2D eigenvalue weighted by Crippen LogP contribution is -2.53. The normalized spacial score (nSPS) is 22.3. The summed E-state index contributed by atoms with van der Waals surface area (Å²) in [4.78, 5) is 56.1. The number of carbonyl (C=O) groups is 4. The van der Waals surface area contributed by atoms with Gasteiger partial charge in [-0.1, -0.05) is 35.8 Å². The minimum Gasteiger partial charge on any atom is -0.443 e. The van der Waals surface area contributed by atoms with Gasteiger partial charge in [0.05, 0.1) is 22.7 Å². The van der Waals surface area contributed by atoms with Crippen molar-refractivity contribution >= 4 is 51.1 Å². The number of carbonyl (C=O) groups excluding carboxylic acids is 4. The summed E-state index contributed by atoms with van der Waals surface area (Å²) in [5.41, 5.74) is -1.81. The summed E-state index contributed by atoms with van der Waals surface area (Å²) in [6.07, 6.45) is -1.17. The van der Waals surface area contributed by atoms with Crippen LogP contribution in [-0.2, 0) is 24.5 Å². The van der Waals surface area contributed by atoms with Gasteiger partial charge in [-0.15, -0.1) is 0 Å². The van der Waals surface area contributed by atoms with Crippen molar-refractivity contribution in [2.24, 2.45) is 11.8 Å². The van der Waals surface area contributed by atoms with Gasteiger partial charge in [0.2, 0.25) is 17.7 Å². The SMILES string of the molecule is CC(C)C1([C@@H]2CC(=O)N(c3cccc(Br)c3)C2=O)C(=O)N(C(=O)OC(C)(C)C)c2ccc(F)cc21. The summed E-state index contributed by atoms with van der Waals surface area (Å²) >= 11 is 3.35. The van der Waals surface area contributed by atoms with Gasteiger partial charge >= 0.3 is 6.09 Å². The molecule has 184 valence electrons. The Balaban J connectivity index is 1.88. The first-order chi connectivity index (χ1) is 16.3. The van der Waals surface area contributed by atoms with E-state index >= 15 is 0 Å². The molecule has 2 atom stereocenters. The first kappa shape index (κ1) is 25.0. The van der Waals surface area contributed by atoms with Crippen molar-refractivity contribution in [2.45, 2.75) is 52.1 Å². The monoisotopic (exact) mass is 544 g/mol. The van der Waals surface area contributed by atoms with Gasteiger partial charge in [0, 0.05) is 10.9 Å². The van der Waals surface area contributed by atoms with Crippen LogP contribution in [0.4, 0.5) is 20.6 Å². The average Bonchev–Trinajstić information content (AvgIpc) is 3.16. The fraction of sp³-hybridized carbons (Fsp3) is 0.385. The van der Waals surface area contributed by atoms with Crippen LogP contribution >= 0.6 is 15.9 Å². The molecule has 0 bridgehead atoms. The highest BCUT2D eigenvalue weighted by molar-refractivity contribution is 9.10. The highest BCUT2D eigenvalue weighted by atomic mass is 79.9. The maximum absolute atomic E-state index is 14.5. The zero-order valence-electron chi connectivity index (χ0n) is 20.1. The van der Waals surface area contributed by atoms with E-state index in [9.17, 15) is 23.6 Å². The Bertz CT molecular complexity index is 1250. The van der Waals surface area contributed by atoms with Gasteiger partial charge in [-0.05, 0) is 68.7 Å². The second kappa shape index (κ2) is 8.55. The van der Waals surface area contributed by atoms with Gasteiger partial charge in [0.15, 0.2) is 0 Å². The Kier molecular flexibility index (Phi) is 6.12. The molecule has 0 aromatic heterocycles. The van der Waals surface area contributed by atoms with Crippen molar-refractivity contribution in [1.29, 1.82) is 0 Å². The quantitative estimate of drug-likeness (QED) is 0.486. The molecule has 0 spiro atoms. The Hall–Kier alpha value is -3.07. The minimum atomic E-state index is -1.64. The Morgan fingerprint density at radius 3 is 2.43 bits per heavy atom. The molecule has 0 aliphatic carbocycles. The van der Waals surface area contributed by atoms with E-state index in [1.54, 1.807) is 58.9 Å². The highest BCUT2D eigenvalue weighted by Crippen LogP contribution is 2.54. The number of amides is 4. The number of rotatable bonds is 3. The summed E-state index contributed by atoms with van der Waals surface area (Å²) < 4.78 is 20.7. The lowest BCUT2D eigenvalue weighted by Gasteiger charge is -2.36. The summed E-state index contributed by atoms with van der Waals surface area (Å²) in [6.45, 7) is 8.46. The molecule has 7 nitrogen and oxygen atoms in total. The van der Waals surface area contributed by atoms with E-state index in [0.29, 0.717) is 10.2 Å². The van der Waals surface area contributed by atoms with Crippen molar-refractivity contribution in [1.82, 2.24) is 0 Å². The molecule has 0 saturated carbocycles. The van der Waals surface area contributed by atoms with Crippen LogP contribution in [0.1, 0.15) is 46.6 Å². The van der Waals surface area contributed by atoms with Crippen LogP contribution < -0.4 is 9.80 Å². The Labute approximate surface area is 211 Å². The first-order valence-electron chi connectivity index (χ1n) is 11.3. The molecule has 0 radical (unpaired) electrons. The average molecular weight is 545 g/mol. The van der Waals surface area contributed by atoms with Crippen molar-refractivity contribution in [3.63, 3.8) is 0 Å². The summed E-state index contributed by atoms with van der Waals surface area (Å²) in [6, 6.07) is 10.4. The van der Waals surface area contributed by atoms with Gasteiger partial charge in [0.1, 0.15) is 11.4 Å². The van der Waals surface area contributed by atoms with Gasteiger partial charge in [0.25, 0.3) is 0 Å². The predicted molar refractivity (Wildman–Crippen MR) is 131 cm³/mol. The molecule has 2 aliphatic rings. The molecular weight excluding hydrogens is 519 g/mol. The number of nitrogens with zero attached hydrogens (tertiary/aromatic N) is 2. The van der Waals surface area contributed by atoms with Crippen LogP contribution in [0.5, 0.6) is 0 Å². The lowest BCUT2D eigenvalue weighted by atomic mass is 9.63. The standard InChI is InChI=1S/C26H26BrFN2O5/c1-14(2)26(19-13-21(31)29(22(19)32)17-8-6-7-15(27)11-17)18-12-16(28)9-10-20(18)30(23(26)33)24(34)35-25(3,4)5/h6-12,14,19H,13H2,1-5H3/t19-,26?/m1/s1. The summed E-state index contributed by atoms with van der Waals surface area (Å²) in [7, 11) is 0. The second-order valence-electron chi connectivity index (χ2n) is 10.1. The second-order valence-corrected chi connectivity index (χ2v) is 11.0. The number of benzene rings is 2. The van der Waals surface area contributed by atoms with Crippen molar-refractivity contribution in [3.05, 3.63) is 58.3 Å². The van der Waals surface area contributed by atoms with Crippen LogP contribution in [0, 0.1) is 17.7 Å². The van der Waals surface area contributed by atoms with Gasteiger partial charge in [-0.3, -0.25) is 19.3 Å². The van der Waals surface area contributed by atoms with Crippen molar-refractivity contribution in [3.8, 4) is 0 Å². The zero-order chi connectivity index (χ0) is 25.9. The maximum atomic E-state index is 14.5. The van der Waals surface area contributed by atoms with Crippen molar-refractivity contribution in [2.75, 3.05) is 9.80 Å². The molecule has 0 N–H and O–H groups in total. The third-order valence-electron chi connectivity index (χ3n) is 6.45. The van der Waals surface area contributed by atoms with Crippen LogP contribution in [-0.4, -0.2) is 29.4 Å². The number of halogens is 2. The van der Waals surface area contributed by atoms with Gasteiger partial charge in [-0.2, -0.15) is 0 Å².